The molecule has 3 heteroatoms. The summed E-state index contributed by atoms with van der Waals surface area (Å²) in [6.45, 7) is 7.09. The SMILES string of the molecule is Cc1ccc(CN(C)CCCC(C)CCN)o1. The summed E-state index contributed by atoms with van der Waals surface area (Å²) in [5.41, 5.74) is 5.54. The van der Waals surface area contributed by atoms with Gasteiger partial charge in [0.15, 0.2) is 0 Å². The zero-order chi connectivity index (χ0) is 12.7. The highest BCUT2D eigenvalue weighted by molar-refractivity contribution is 5.05. The maximum absolute atomic E-state index is 5.56. The molecule has 17 heavy (non-hydrogen) atoms. The van der Waals surface area contributed by atoms with Crippen LogP contribution in [0.3, 0.4) is 0 Å². The number of hydrogen-bond donors (Lipinski definition) is 1. The number of nitrogens with zero attached hydrogens (tertiary/aromatic N) is 1. The van der Waals surface area contributed by atoms with E-state index in [1.165, 1.54) is 12.8 Å². The van der Waals surface area contributed by atoms with E-state index in [1.807, 2.05) is 13.0 Å². The second-order valence-corrected chi connectivity index (χ2v) is 5.07. The van der Waals surface area contributed by atoms with Crippen molar-refractivity contribution in [2.24, 2.45) is 11.7 Å². The molecule has 1 heterocycles. The van der Waals surface area contributed by atoms with Crippen LogP contribution < -0.4 is 5.73 Å². The van der Waals surface area contributed by atoms with Crippen LogP contribution in [0.5, 0.6) is 0 Å². The first kappa shape index (κ1) is 14.3. The van der Waals surface area contributed by atoms with Crippen LogP contribution in [0, 0.1) is 12.8 Å². The molecule has 98 valence electrons. The van der Waals surface area contributed by atoms with Crippen LogP contribution in [0.25, 0.3) is 0 Å². The minimum absolute atomic E-state index is 0.749. The van der Waals surface area contributed by atoms with Crippen LogP contribution in [-0.4, -0.2) is 25.0 Å². The van der Waals surface area contributed by atoms with E-state index in [1.54, 1.807) is 0 Å². The van der Waals surface area contributed by atoms with E-state index in [0.29, 0.717) is 0 Å². The Balaban J connectivity index is 2.15. The summed E-state index contributed by atoms with van der Waals surface area (Å²) in [4.78, 5) is 2.31. The van der Waals surface area contributed by atoms with Crippen LogP contribution in [0.4, 0.5) is 0 Å². The van der Waals surface area contributed by atoms with Gasteiger partial charge in [-0.05, 0) is 64.4 Å². The van der Waals surface area contributed by atoms with Crippen molar-refractivity contribution < 1.29 is 4.42 Å². The Kier molecular flexibility index (Phi) is 6.30. The molecule has 1 aromatic rings. The summed E-state index contributed by atoms with van der Waals surface area (Å²) >= 11 is 0. The standard InChI is InChI=1S/C14H26N2O/c1-12(8-9-15)5-4-10-16(3)11-14-7-6-13(2)17-14/h6-7,12H,4-5,8-11,15H2,1-3H3. The largest absolute Gasteiger partial charge is 0.465 e. The fraction of sp³-hybridized carbons (Fsp3) is 0.714. The average Bonchev–Trinajstić information content (AvgIpc) is 2.64. The third-order valence-electron chi connectivity index (χ3n) is 3.12. The Morgan fingerprint density at radius 1 is 1.35 bits per heavy atom. The average molecular weight is 238 g/mol. The molecule has 0 aliphatic carbocycles. The normalized spacial score (nSPS) is 13.2. The Bertz CT molecular complexity index is 309. The fourth-order valence-electron chi connectivity index (χ4n) is 2.05. The van der Waals surface area contributed by atoms with Gasteiger partial charge >= 0.3 is 0 Å². The highest BCUT2D eigenvalue weighted by atomic mass is 16.3. The van der Waals surface area contributed by atoms with Crippen molar-refractivity contribution in [2.45, 2.75) is 39.7 Å². The van der Waals surface area contributed by atoms with E-state index >= 15 is 0 Å². The summed E-state index contributed by atoms with van der Waals surface area (Å²) in [6, 6.07) is 4.08. The van der Waals surface area contributed by atoms with Crippen LogP contribution in [0.2, 0.25) is 0 Å². The quantitative estimate of drug-likeness (QED) is 0.757. The van der Waals surface area contributed by atoms with Gasteiger partial charge in [0.1, 0.15) is 11.5 Å². The van der Waals surface area contributed by atoms with E-state index in [2.05, 4.69) is 24.9 Å². The molecule has 1 atom stereocenters. The monoisotopic (exact) mass is 238 g/mol. The number of aryl methyl sites for hydroxylation is 1. The van der Waals surface area contributed by atoms with Crippen molar-refractivity contribution in [3.8, 4) is 0 Å². The van der Waals surface area contributed by atoms with Gasteiger partial charge < -0.3 is 10.2 Å². The van der Waals surface area contributed by atoms with Gasteiger partial charge in [0.25, 0.3) is 0 Å². The van der Waals surface area contributed by atoms with Crippen LogP contribution >= 0.6 is 0 Å². The van der Waals surface area contributed by atoms with Gasteiger partial charge in [-0.15, -0.1) is 0 Å². The zero-order valence-electron chi connectivity index (χ0n) is 11.4. The summed E-state index contributed by atoms with van der Waals surface area (Å²) in [5, 5.41) is 0. The highest BCUT2D eigenvalue weighted by Gasteiger charge is 2.05. The van der Waals surface area contributed by atoms with Crippen LogP contribution in [-0.2, 0) is 6.54 Å². The molecule has 0 fully saturated rings. The lowest BCUT2D eigenvalue weighted by Crippen LogP contribution is -2.19. The van der Waals surface area contributed by atoms with Crippen molar-refractivity contribution in [3.63, 3.8) is 0 Å². The molecule has 1 unspecified atom stereocenters. The maximum atomic E-state index is 5.56. The molecule has 0 aliphatic heterocycles. The van der Waals surface area contributed by atoms with E-state index < -0.39 is 0 Å². The molecule has 0 aromatic carbocycles. The number of rotatable bonds is 8. The molecule has 3 nitrogen and oxygen atoms in total. The van der Waals surface area contributed by atoms with Gasteiger partial charge in [0.2, 0.25) is 0 Å². The van der Waals surface area contributed by atoms with Crippen LogP contribution in [0.1, 0.15) is 37.7 Å². The topological polar surface area (TPSA) is 42.4 Å². The Morgan fingerprint density at radius 2 is 2.12 bits per heavy atom. The van der Waals surface area contributed by atoms with Crippen LogP contribution in [0.15, 0.2) is 16.5 Å². The summed E-state index contributed by atoms with van der Waals surface area (Å²) in [6.07, 6.45) is 3.64. The van der Waals surface area contributed by atoms with Gasteiger partial charge in [0, 0.05) is 0 Å². The minimum atomic E-state index is 0.749. The lowest BCUT2D eigenvalue weighted by atomic mass is 10.0. The van der Waals surface area contributed by atoms with E-state index in [-0.39, 0.29) is 0 Å². The highest BCUT2D eigenvalue weighted by Crippen LogP contribution is 2.12. The predicted octanol–water partition coefficient (Wildman–Crippen LogP) is 2.78. The van der Waals surface area contributed by atoms with Crippen molar-refractivity contribution in [1.82, 2.24) is 4.90 Å². The molecule has 2 N–H and O–H groups in total. The molecular formula is C14H26N2O. The first-order valence-electron chi connectivity index (χ1n) is 6.55. The second kappa shape index (κ2) is 7.51. The lowest BCUT2D eigenvalue weighted by Gasteiger charge is -2.16. The molecular weight excluding hydrogens is 212 g/mol. The lowest BCUT2D eigenvalue weighted by molar-refractivity contribution is 0.278. The van der Waals surface area contributed by atoms with Gasteiger partial charge in [-0.2, -0.15) is 0 Å². The maximum Gasteiger partial charge on any atom is 0.118 e. The third-order valence-corrected chi connectivity index (χ3v) is 3.12. The molecule has 0 aliphatic rings. The number of hydrogen-bond acceptors (Lipinski definition) is 3. The molecule has 0 radical (unpaired) electrons. The smallest absolute Gasteiger partial charge is 0.118 e. The molecule has 0 amide bonds. The predicted molar refractivity (Wildman–Crippen MR) is 71.8 cm³/mol. The van der Waals surface area contributed by atoms with Gasteiger partial charge in [0.05, 0.1) is 6.54 Å². The van der Waals surface area contributed by atoms with Crippen molar-refractivity contribution in [1.29, 1.82) is 0 Å². The Morgan fingerprint density at radius 3 is 2.71 bits per heavy atom. The first-order chi connectivity index (χ1) is 8.11. The van der Waals surface area contributed by atoms with Crippen molar-refractivity contribution >= 4 is 0 Å². The molecule has 0 spiro atoms. The van der Waals surface area contributed by atoms with E-state index in [9.17, 15) is 0 Å². The van der Waals surface area contributed by atoms with E-state index in [0.717, 1.165) is 43.5 Å². The molecule has 0 bridgehead atoms. The molecule has 0 saturated carbocycles. The van der Waals surface area contributed by atoms with Crippen molar-refractivity contribution in [2.75, 3.05) is 20.1 Å². The summed E-state index contributed by atoms with van der Waals surface area (Å²) in [7, 11) is 2.14. The molecule has 1 aromatic heterocycles. The third kappa shape index (κ3) is 5.89. The molecule has 1 rings (SSSR count). The minimum Gasteiger partial charge on any atom is -0.465 e. The number of nitrogens with two attached hydrogens (primary N) is 1. The summed E-state index contributed by atoms with van der Waals surface area (Å²) in [5.74, 6) is 2.80. The molecule has 0 saturated heterocycles. The Hall–Kier alpha value is -0.800. The summed E-state index contributed by atoms with van der Waals surface area (Å²) < 4.78 is 5.56. The van der Waals surface area contributed by atoms with Crippen molar-refractivity contribution in [3.05, 3.63) is 23.7 Å². The fourth-order valence-corrected chi connectivity index (χ4v) is 2.05. The zero-order valence-corrected chi connectivity index (χ0v) is 11.4. The first-order valence-corrected chi connectivity index (χ1v) is 6.55. The number of furan rings is 1. The Labute approximate surface area is 105 Å². The van der Waals surface area contributed by atoms with Gasteiger partial charge in [-0.25, -0.2) is 0 Å². The van der Waals surface area contributed by atoms with E-state index in [4.69, 9.17) is 10.2 Å². The van der Waals surface area contributed by atoms with Gasteiger partial charge in [-0.3, -0.25) is 4.90 Å². The second-order valence-electron chi connectivity index (χ2n) is 5.07. The van der Waals surface area contributed by atoms with Gasteiger partial charge in [-0.1, -0.05) is 6.92 Å².